The molecule has 1 aliphatic heterocycles. The third kappa shape index (κ3) is 2.93. The molecule has 4 heteroatoms. The molecule has 18 heavy (non-hydrogen) atoms. The number of aromatic nitrogens is 2. The van der Waals surface area contributed by atoms with Crippen LogP contribution in [0.25, 0.3) is 0 Å². The molecule has 1 fully saturated rings. The van der Waals surface area contributed by atoms with Crippen LogP contribution in [0.1, 0.15) is 43.1 Å². The Bertz CT molecular complexity index is 397. The average Bonchev–Trinajstić information content (AvgIpc) is 2.53. The fraction of sp³-hybridized carbons (Fsp3) is 0.786. The highest BCUT2D eigenvalue weighted by Gasteiger charge is 2.18. The van der Waals surface area contributed by atoms with Gasteiger partial charge in [-0.05, 0) is 40.2 Å². The Hall–Kier alpha value is -0.870. The van der Waals surface area contributed by atoms with Crippen molar-refractivity contribution in [2.24, 2.45) is 5.73 Å². The minimum absolute atomic E-state index is 0.342. The normalized spacial score (nSPS) is 22.1. The van der Waals surface area contributed by atoms with Crippen molar-refractivity contribution in [2.75, 3.05) is 13.1 Å². The van der Waals surface area contributed by atoms with Crippen LogP contribution in [0.3, 0.4) is 0 Å². The number of hydrogen-bond donors (Lipinski definition) is 1. The van der Waals surface area contributed by atoms with E-state index < -0.39 is 0 Å². The Morgan fingerprint density at radius 2 is 2.11 bits per heavy atom. The van der Waals surface area contributed by atoms with Gasteiger partial charge in [-0.2, -0.15) is 5.10 Å². The summed E-state index contributed by atoms with van der Waals surface area (Å²) in [6.45, 7) is 10.6. The SMILES string of the molecule is CCn1nc(C)c(CN2CCCC[C@H](N)C2)c1C. The van der Waals surface area contributed by atoms with Crippen molar-refractivity contribution < 1.29 is 0 Å². The first kappa shape index (κ1) is 13.6. The topological polar surface area (TPSA) is 47.1 Å². The van der Waals surface area contributed by atoms with Gasteiger partial charge in [0, 0.05) is 36.9 Å². The first-order valence-corrected chi connectivity index (χ1v) is 7.12. The quantitative estimate of drug-likeness (QED) is 0.890. The summed E-state index contributed by atoms with van der Waals surface area (Å²) >= 11 is 0. The maximum Gasteiger partial charge on any atom is 0.0641 e. The lowest BCUT2D eigenvalue weighted by molar-refractivity contribution is 0.264. The van der Waals surface area contributed by atoms with Gasteiger partial charge in [0.1, 0.15) is 0 Å². The highest BCUT2D eigenvalue weighted by atomic mass is 15.3. The van der Waals surface area contributed by atoms with E-state index in [1.807, 2.05) is 0 Å². The summed E-state index contributed by atoms with van der Waals surface area (Å²) in [7, 11) is 0. The highest BCUT2D eigenvalue weighted by molar-refractivity contribution is 5.24. The van der Waals surface area contributed by atoms with Crippen molar-refractivity contribution in [1.82, 2.24) is 14.7 Å². The second-order valence-corrected chi connectivity index (χ2v) is 5.46. The summed E-state index contributed by atoms with van der Waals surface area (Å²) in [5.74, 6) is 0. The molecule has 2 N–H and O–H groups in total. The number of aryl methyl sites for hydroxylation is 2. The third-order valence-corrected chi connectivity index (χ3v) is 4.00. The van der Waals surface area contributed by atoms with E-state index in [0.29, 0.717) is 6.04 Å². The summed E-state index contributed by atoms with van der Waals surface area (Å²) in [6, 6.07) is 0.342. The summed E-state index contributed by atoms with van der Waals surface area (Å²) < 4.78 is 2.10. The van der Waals surface area contributed by atoms with E-state index in [4.69, 9.17) is 5.73 Å². The molecule has 0 unspecified atom stereocenters. The summed E-state index contributed by atoms with van der Waals surface area (Å²) in [4.78, 5) is 2.49. The Kier molecular flexibility index (Phi) is 4.40. The van der Waals surface area contributed by atoms with Gasteiger partial charge in [-0.3, -0.25) is 9.58 Å². The van der Waals surface area contributed by atoms with E-state index in [1.54, 1.807) is 0 Å². The van der Waals surface area contributed by atoms with Crippen LogP contribution in [-0.2, 0) is 13.1 Å². The van der Waals surface area contributed by atoms with Gasteiger partial charge in [-0.25, -0.2) is 0 Å². The molecule has 0 bridgehead atoms. The fourth-order valence-corrected chi connectivity index (χ4v) is 2.89. The zero-order valence-corrected chi connectivity index (χ0v) is 11.9. The minimum atomic E-state index is 0.342. The molecule has 0 aromatic carbocycles. The largest absolute Gasteiger partial charge is 0.327 e. The van der Waals surface area contributed by atoms with Crippen molar-refractivity contribution in [1.29, 1.82) is 0 Å². The minimum Gasteiger partial charge on any atom is -0.327 e. The maximum absolute atomic E-state index is 6.12. The molecule has 2 rings (SSSR count). The molecular weight excluding hydrogens is 224 g/mol. The molecule has 102 valence electrons. The van der Waals surface area contributed by atoms with E-state index in [9.17, 15) is 0 Å². The number of hydrogen-bond acceptors (Lipinski definition) is 3. The highest BCUT2D eigenvalue weighted by Crippen LogP contribution is 2.18. The van der Waals surface area contributed by atoms with Gasteiger partial charge in [0.05, 0.1) is 5.69 Å². The molecule has 0 saturated carbocycles. The second kappa shape index (κ2) is 5.85. The third-order valence-electron chi connectivity index (χ3n) is 4.00. The van der Waals surface area contributed by atoms with Gasteiger partial charge < -0.3 is 5.73 Å². The average molecular weight is 250 g/mol. The Balaban J connectivity index is 2.10. The predicted octanol–water partition coefficient (Wildman–Crippen LogP) is 1.83. The van der Waals surface area contributed by atoms with Gasteiger partial charge in [0.2, 0.25) is 0 Å². The molecule has 0 amide bonds. The zero-order chi connectivity index (χ0) is 13.1. The standard InChI is InChI=1S/C14H26N4/c1-4-18-12(3)14(11(2)16-18)10-17-8-6-5-7-13(15)9-17/h13H,4-10,15H2,1-3H3/t13-/m0/s1. The molecule has 0 aliphatic carbocycles. The molecular formula is C14H26N4. The van der Waals surface area contributed by atoms with Crippen LogP contribution in [0.2, 0.25) is 0 Å². The molecule has 0 spiro atoms. The molecule has 0 radical (unpaired) electrons. The van der Waals surface area contributed by atoms with E-state index >= 15 is 0 Å². The van der Waals surface area contributed by atoms with E-state index in [2.05, 4.69) is 35.5 Å². The van der Waals surface area contributed by atoms with Crippen molar-refractivity contribution in [3.05, 3.63) is 17.0 Å². The van der Waals surface area contributed by atoms with Gasteiger partial charge in [-0.1, -0.05) is 6.42 Å². The number of nitrogens with zero attached hydrogens (tertiary/aromatic N) is 3. The van der Waals surface area contributed by atoms with Crippen LogP contribution in [0, 0.1) is 13.8 Å². The number of rotatable bonds is 3. The first-order chi connectivity index (χ1) is 8.61. The molecule has 1 aliphatic rings. The van der Waals surface area contributed by atoms with Crippen LogP contribution in [-0.4, -0.2) is 33.8 Å². The van der Waals surface area contributed by atoms with E-state index in [1.165, 1.54) is 42.8 Å². The van der Waals surface area contributed by atoms with Crippen LogP contribution >= 0.6 is 0 Å². The van der Waals surface area contributed by atoms with Crippen LogP contribution in [0.4, 0.5) is 0 Å². The van der Waals surface area contributed by atoms with Crippen molar-refractivity contribution >= 4 is 0 Å². The van der Waals surface area contributed by atoms with Gasteiger partial charge >= 0.3 is 0 Å². The Morgan fingerprint density at radius 3 is 2.78 bits per heavy atom. The van der Waals surface area contributed by atoms with Crippen molar-refractivity contribution in [2.45, 2.75) is 59.2 Å². The first-order valence-electron chi connectivity index (χ1n) is 7.12. The molecule has 1 aromatic heterocycles. The van der Waals surface area contributed by atoms with Crippen molar-refractivity contribution in [3.8, 4) is 0 Å². The van der Waals surface area contributed by atoms with Gasteiger partial charge in [0.15, 0.2) is 0 Å². The summed E-state index contributed by atoms with van der Waals surface area (Å²) in [5, 5.41) is 4.60. The Morgan fingerprint density at radius 1 is 1.33 bits per heavy atom. The van der Waals surface area contributed by atoms with E-state index in [-0.39, 0.29) is 0 Å². The molecule has 2 heterocycles. The summed E-state index contributed by atoms with van der Waals surface area (Å²) in [5.41, 5.74) is 10.0. The molecule has 4 nitrogen and oxygen atoms in total. The fourth-order valence-electron chi connectivity index (χ4n) is 2.89. The number of nitrogens with two attached hydrogens (primary N) is 1. The second-order valence-electron chi connectivity index (χ2n) is 5.46. The lowest BCUT2D eigenvalue weighted by Gasteiger charge is -2.22. The molecule has 1 aromatic rings. The smallest absolute Gasteiger partial charge is 0.0641 e. The predicted molar refractivity (Wildman–Crippen MR) is 74.5 cm³/mol. The maximum atomic E-state index is 6.12. The van der Waals surface area contributed by atoms with Crippen LogP contribution < -0.4 is 5.73 Å². The lowest BCUT2D eigenvalue weighted by Crippen LogP contribution is -2.35. The van der Waals surface area contributed by atoms with E-state index in [0.717, 1.165) is 19.6 Å². The monoisotopic (exact) mass is 250 g/mol. The molecule has 1 atom stereocenters. The number of likely N-dealkylation sites (tertiary alicyclic amines) is 1. The summed E-state index contributed by atoms with van der Waals surface area (Å²) in [6.07, 6.45) is 3.71. The van der Waals surface area contributed by atoms with Crippen molar-refractivity contribution in [3.63, 3.8) is 0 Å². The van der Waals surface area contributed by atoms with Gasteiger partial charge in [-0.15, -0.1) is 0 Å². The van der Waals surface area contributed by atoms with Crippen LogP contribution in [0.15, 0.2) is 0 Å². The van der Waals surface area contributed by atoms with Crippen LogP contribution in [0.5, 0.6) is 0 Å². The van der Waals surface area contributed by atoms with Gasteiger partial charge in [0.25, 0.3) is 0 Å². The Labute approximate surface area is 110 Å². The zero-order valence-electron chi connectivity index (χ0n) is 11.9. The molecule has 1 saturated heterocycles. The lowest BCUT2D eigenvalue weighted by atomic mass is 10.1.